The first-order chi connectivity index (χ1) is 6.09. The highest BCUT2D eigenvalue weighted by atomic mass is 16.1. The van der Waals surface area contributed by atoms with Gasteiger partial charge < -0.3 is 16.8 Å². The Bertz CT molecular complexity index is 323. The van der Waals surface area contributed by atoms with Crippen LogP contribution >= 0.6 is 0 Å². The number of hydrogen-bond acceptors (Lipinski definition) is 3. The second-order valence-corrected chi connectivity index (χ2v) is 2.89. The zero-order valence-corrected chi connectivity index (χ0v) is 7.50. The highest BCUT2D eigenvalue weighted by molar-refractivity contribution is 5.79. The summed E-state index contributed by atoms with van der Waals surface area (Å²) < 4.78 is 0. The van der Waals surface area contributed by atoms with E-state index in [-0.39, 0.29) is 12.5 Å². The molecule has 0 aliphatic heterocycles. The first kappa shape index (κ1) is 9.38. The van der Waals surface area contributed by atoms with Crippen molar-refractivity contribution in [2.45, 2.75) is 6.92 Å². The van der Waals surface area contributed by atoms with Crippen molar-refractivity contribution in [1.29, 1.82) is 0 Å². The van der Waals surface area contributed by atoms with Crippen molar-refractivity contribution in [3.8, 4) is 0 Å². The van der Waals surface area contributed by atoms with E-state index in [4.69, 9.17) is 11.5 Å². The van der Waals surface area contributed by atoms with Crippen molar-refractivity contribution in [2.24, 2.45) is 5.73 Å². The molecule has 0 heterocycles. The summed E-state index contributed by atoms with van der Waals surface area (Å²) >= 11 is 0. The standard InChI is InChI=1S/C9H13N3O/c1-6-2-3-7(10)4-8(6)12-5-9(11)13/h2-4,12H,5,10H2,1H3,(H2,11,13). The molecule has 0 unspecified atom stereocenters. The lowest BCUT2D eigenvalue weighted by Crippen LogP contribution is -2.22. The molecule has 0 spiro atoms. The van der Waals surface area contributed by atoms with E-state index < -0.39 is 0 Å². The molecule has 0 aromatic heterocycles. The smallest absolute Gasteiger partial charge is 0.236 e. The van der Waals surface area contributed by atoms with Crippen LogP contribution in [-0.4, -0.2) is 12.5 Å². The van der Waals surface area contributed by atoms with Gasteiger partial charge in [0, 0.05) is 11.4 Å². The average molecular weight is 179 g/mol. The Morgan fingerprint density at radius 2 is 2.23 bits per heavy atom. The number of rotatable bonds is 3. The fourth-order valence-electron chi connectivity index (χ4n) is 1.01. The van der Waals surface area contributed by atoms with Crippen LogP contribution in [0.25, 0.3) is 0 Å². The van der Waals surface area contributed by atoms with Crippen molar-refractivity contribution >= 4 is 17.3 Å². The summed E-state index contributed by atoms with van der Waals surface area (Å²) in [5.74, 6) is -0.387. The van der Waals surface area contributed by atoms with Crippen LogP contribution in [0, 0.1) is 6.92 Å². The third kappa shape index (κ3) is 2.66. The second-order valence-electron chi connectivity index (χ2n) is 2.89. The van der Waals surface area contributed by atoms with E-state index in [0.717, 1.165) is 11.3 Å². The molecule has 5 N–H and O–H groups in total. The maximum absolute atomic E-state index is 10.5. The van der Waals surface area contributed by atoms with Crippen LogP contribution in [0.2, 0.25) is 0 Å². The van der Waals surface area contributed by atoms with Gasteiger partial charge in [0.25, 0.3) is 0 Å². The van der Waals surface area contributed by atoms with Gasteiger partial charge in [0.1, 0.15) is 0 Å². The van der Waals surface area contributed by atoms with Gasteiger partial charge in [-0.15, -0.1) is 0 Å². The monoisotopic (exact) mass is 179 g/mol. The number of primary amides is 1. The first-order valence-electron chi connectivity index (χ1n) is 3.98. The van der Waals surface area contributed by atoms with Crippen LogP contribution in [0.15, 0.2) is 18.2 Å². The van der Waals surface area contributed by atoms with Crippen LogP contribution in [0.4, 0.5) is 11.4 Å². The minimum atomic E-state index is -0.387. The Balaban J connectivity index is 2.75. The molecule has 0 aliphatic rings. The lowest BCUT2D eigenvalue weighted by atomic mass is 10.2. The van der Waals surface area contributed by atoms with Crippen LogP contribution in [0.1, 0.15) is 5.56 Å². The highest BCUT2D eigenvalue weighted by Gasteiger charge is 1.99. The average Bonchev–Trinajstić information content (AvgIpc) is 2.06. The Hall–Kier alpha value is -1.71. The van der Waals surface area contributed by atoms with E-state index in [0.29, 0.717) is 5.69 Å². The molecule has 0 radical (unpaired) electrons. The summed E-state index contributed by atoms with van der Waals surface area (Å²) in [7, 11) is 0. The van der Waals surface area contributed by atoms with E-state index >= 15 is 0 Å². The second kappa shape index (κ2) is 3.80. The summed E-state index contributed by atoms with van der Waals surface area (Å²) in [6, 6.07) is 5.47. The molecule has 0 saturated heterocycles. The Kier molecular flexibility index (Phi) is 2.74. The summed E-state index contributed by atoms with van der Waals surface area (Å²) in [6.45, 7) is 2.06. The quantitative estimate of drug-likeness (QED) is 0.590. The fourth-order valence-corrected chi connectivity index (χ4v) is 1.01. The molecule has 4 nitrogen and oxygen atoms in total. The minimum Gasteiger partial charge on any atom is -0.399 e. The number of hydrogen-bond donors (Lipinski definition) is 3. The molecule has 1 aromatic rings. The van der Waals surface area contributed by atoms with E-state index in [9.17, 15) is 4.79 Å². The van der Waals surface area contributed by atoms with Gasteiger partial charge in [0.2, 0.25) is 5.91 Å². The molecule has 0 saturated carbocycles. The molecule has 0 aliphatic carbocycles. The number of amides is 1. The Morgan fingerprint density at radius 1 is 1.54 bits per heavy atom. The van der Waals surface area contributed by atoms with Crippen molar-refractivity contribution in [3.63, 3.8) is 0 Å². The van der Waals surface area contributed by atoms with Crippen molar-refractivity contribution in [2.75, 3.05) is 17.6 Å². The number of benzene rings is 1. The zero-order chi connectivity index (χ0) is 9.84. The molecule has 70 valence electrons. The fraction of sp³-hybridized carbons (Fsp3) is 0.222. The molecule has 1 rings (SSSR count). The van der Waals surface area contributed by atoms with Gasteiger partial charge in [0.05, 0.1) is 6.54 Å². The van der Waals surface area contributed by atoms with Gasteiger partial charge in [-0.2, -0.15) is 0 Å². The molecule has 13 heavy (non-hydrogen) atoms. The van der Waals surface area contributed by atoms with E-state index in [1.807, 2.05) is 19.1 Å². The summed E-state index contributed by atoms with van der Waals surface area (Å²) in [5.41, 5.74) is 13.1. The van der Waals surface area contributed by atoms with Gasteiger partial charge in [-0.3, -0.25) is 4.79 Å². The predicted molar refractivity (Wildman–Crippen MR) is 53.3 cm³/mol. The van der Waals surface area contributed by atoms with Crippen LogP contribution < -0.4 is 16.8 Å². The molecule has 0 bridgehead atoms. The molecule has 0 atom stereocenters. The van der Waals surface area contributed by atoms with Gasteiger partial charge in [-0.25, -0.2) is 0 Å². The largest absolute Gasteiger partial charge is 0.399 e. The predicted octanol–water partition coefficient (Wildman–Crippen LogP) is 0.474. The number of nitrogens with one attached hydrogen (secondary N) is 1. The molecule has 1 amide bonds. The Labute approximate surface area is 76.9 Å². The maximum atomic E-state index is 10.5. The highest BCUT2D eigenvalue weighted by Crippen LogP contribution is 2.17. The SMILES string of the molecule is Cc1ccc(N)cc1NCC(N)=O. The Morgan fingerprint density at radius 3 is 2.85 bits per heavy atom. The molecular weight excluding hydrogens is 166 g/mol. The van der Waals surface area contributed by atoms with Crippen LogP contribution in [0.5, 0.6) is 0 Å². The first-order valence-corrected chi connectivity index (χ1v) is 3.98. The summed E-state index contributed by atoms with van der Waals surface area (Å²) in [6.07, 6.45) is 0. The summed E-state index contributed by atoms with van der Waals surface area (Å²) in [5, 5.41) is 2.90. The maximum Gasteiger partial charge on any atom is 0.236 e. The third-order valence-electron chi connectivity index (χ3n) is 1.71. The third-order valence-corrected chi connectivity index (χ3v) is 1.71. The van der Waals surface area contributed by atoms with E-state index in [2.05, 4.69) is 5.32 Å². The number of carbonyl (C=O) groups is 1. The van der Waals surface area contributed by atoms with Crippen LogP contribution in [-0.2, 0) is 4.79 Å². The number of nitrogens with two attached hydrogens (primary N) is 2. The lowest BCUT2D eigenvalue weighted by Gasteiger charge is -2.07. The van der Waals surface area contributed by atoms with Crippen molar-refractivity contribution in [1.82, 2.24) is 0 Å². The number of anilines is 2. The zero-order valence-electron chi connectivity index (χ0n) is 7.50. The number of nitrogen functional groups attached to an aromatic ring is 1. The minimum absolute atomic E-state index is 0.129. The topological polar surface area (TPSA) is 81.1 Å². The van der Waals surface area contributed by atoms with E-state index in [1.165, 1.54) is 0 Å². The molecule has 4 heteroatoms. The van der Waals surface area contributed by atoms with Crippen molar-refractivity contribution < 1.29 is 4.79 Å². The lowest BCUT2D eigenvalue weighted by molar-refractivity contribution is -0.116. The van der Waals surface area contributed by atoms with Crippen LogP contribution in [0.3, 0.4) is 0 Å². The number of carbonyl (C=O) groups excluding carboxylic acids is 1. The molecule has 0 fully saturated rings. The van der Waals surface area contributed by atoms with Gasteiger partial charge in [0.15, 0.2) is 0 Å². The normalized spacial score (nSPS) is 9.62. The van der Waals surface area contributed by atoms with Gasteiger partial charge in [-0.1, -0.05) is 6.07 Å². The van der Waals surface area contributed by atoms with Gasteiger partial charge >= 0.3 is 0 Å². The molecular formula is C9H13N3O. The number of aryl methyl sites for hydroxylation is 1. The molecule has 1 aromatic carbocycles. The van der Waals surface area contributed by atoms with Gasteiger partial charge in [-0.05, 0) is 24.6 Å². The summed E-state index contributed by atoms with van der Waals surface area (Å²) in [4.78, 5) is 10.5. The van der Waals surface area contributed by atoms with Crippen molar-refractivity contribution in [3.05, 3.63) is 23.8 Å². The van der Waals surface area contributed by atoms with E-state index in [1.54, 1.807) is 6.07 Å².